The number of nitrogens with one attached hydrogen (secondary N) is 1. The topological polar surface area (TPSA) is 59.8 Å². The maximum absolute atomic E-state index is 13.5. The van der Waals surface area contributed by atoms with Crippen LogP contribution in [-0.2, 0) is 0 Å². The van der Waals surface area contributed by atoms with Crippen LogP contribution in [0, 0.1) is 0 Å². The van der Waals surface area contributed by atoms with E-state index in [0.717, 1.165) is 32.8 Å². The molecule has 148 valence electrons. The molecule has 1 N–H and O–H groups in total. The minimum atomic E-state index is -0.195. The van der Waals surface area contributed by atoms with Gasteiger partial charge in [-0.2, -0.15) is 0 Å². The first-order chi connectivity index (χ1) is 14.6. The van der Waals surface area contributed by atoms with Crippen LogP contribution in [0.1, 0.15) is 18.7 Å². The second-order valence-corrected chi connectivity index (χ2v) is 8.28. The summed E-state index contributed by atoms with van der Waals surface area (Å²) in [5.41, 5.74) is 1.47. The van der Waals surface area contributed by atoms with Crippen LogP contribution in [0.2, 0.25) is 5.02 Å². The smallest absolute Gasteiger partial charge is 0.264 e. The minimum Gasteiger partial charge on any atom is -0.361 e. The summed E-state index contributed by atoms with van der Waals surface area (Å²) in [4.78, 5) is 23.2. The third-order valence-corrected chi connectivity index (χ3v) is 6.23. The Morgan fingerprint density at radius 2 is 1.90 bits per heavy atom. The van der Waals surface area contributed by atoms with E-state index in [1.165, 1.54) is 0 Å². The number of fused-ring (bicyclic) bond motifs is 2. The molecule has 0 aliphatic heterocycles. The van der Waals surface area contributed by atoms with Gasteiger partial charge in [0, 0.05) is 11.4 Å². The number of benzene rings is 2. The second kappa shape index (κ2) is 7.55. The van der Waals surface area contributed by atoms with E-state index in [0.29, 0.717) is 10.4 Å². The van der Waals surface area contributed by atoms with Gasteiger partial charge in [0.15, 0.2) is 0 Å². The lowest BCUT2D eigenvalue weighted by atomic mass is 10.1. The van der Waals surface area contributed by atoms with E-state index < -0.39 is 0 Å². The van der Waals surface area contributed by atoms with Gasteiger partial charge in [-0.25, -0.2) is 9.97 Å². The molecule has 0 fully saturated rings. The number of thiophene rings is 1. The Balaban J connectivity index is 1.71. The summed E-state index contributed by atoms with van der Waals surface area (Å²) < 4.78 is 1.72. The Morgan fingerprint density at radius 3 is 2.73 bits per heavy atom. The lowest BCUT2D eigenvalue weighted by Crippen LogP contribution is -2.25. The molecule has 0 radical (unpaired) electrons. The molecular formula is C23H17ClN4OS. The number of pyridine rings is 1. The number of aromatic nitrogens is 3. The summed E-state index contributed by atoms with van der Waals surface area (Å²) in [6.45, 7) is 2.02. The lowest BCUT2D eigenvalue weighted by Gasteiger charge is -2.21. The molecule has 30 heavy (non-hydrogen) atoms. The molecule has 5 aromatic rings. The van der Waals surface area contributed by atoms with Gasteiger partial charge in [-0.3, -0.25) is 9.36 Å². The first kappa shape index (κ1) is 18.8. The normalized spacial score (nSPS) is 12.3. The maximum Gasteiger partial charge on any atom is 0.264 e. The van der Waals surface area contributed by atoms with Crippen molar-refractivity contribution >= 4 is 49.7 Å². The largest absolute Gasteiger partial charge is 0.361 e. The Bertz CT molecular complexity index is 1430. The molecule has 0 bridgehead atoms. The summed E-state index contributed by atoms with van der Waals surface area (Å²) in [7, 11) is 0. The molecular weight excluding hydrogens is 416 g/mol. The van der Waals surface area contributed by atoms with Gasteiger partial charge in [-0.1, -0.05) is 41.9 Å². The molecule has 0 saturated carbocycles. The van der Waals surface area contributed by atoms with Gasteiger partial charge in [0.1, 0.15) is 17.0 Å². The van der Waals surface area contributed by atoms with Crippen LogP contribution in [0.5, 0.6) is 0 Å². The van der Waals surface area contributed by atoms with Gasteiger partial charge in [0.2, 0.25) is 0 Å². The molecule has 5 rings (SSSR count). The molecule has 3 aromatic heterocycles. The number of hydrogen-bond donors (Lipinski definition) is 1. The standard InChI is InChI=1S/C23H17ClN4OS/c1-14(27-21-17-10-11-30-22(17)26-13-25-21)19-12-15-6-5-9-18(24)20(15)23(29)28(19)16-7-3-2-4-8-16/h2-14H,1H3,(H,25,26,27)/t14-/m0/s1. The number of halogens is 1. The van der Waals surface area contributed by atoms with Crippen molar-refractivity contribution in [2.75, 3.05) is 5.32 Å². The van der Waals surface area contributed by atoms with Crippen LogP contribution in [0.4, 0.5) is 5.82 Å². The van der Waals surface area contributed by atoms with Gasteiger partial charge < -0.3 is 5.32 Å². The predicted molar refractivity (Wildman–Crippen MR) is 124 cm³/mol. The average Bonchev–Trinajstić information content (AvgIpc) is 3.24. The first-order valence-corrected chi connectivity index (χ1v) is 10.7. The fourth-order valence-electron chi connectivity index (χ4n) is 3.69. The Labute approximate surface area is 181 Å². The van der Waals surface area contributed by atoms with E-state index in [4.69, 9.17) is 11.6 Å². The van der Waals surface area contributed by atoms with Crippen molar-refractivity contribution in [2.45, 2.75) is 13.0 Å². The SMILES string of the molecule is C[C@H](Nc1ncnc2sccc12)c1cc2cccc(Cl)c2c(=O)n1-c1ccccc1. The van der Waals surface area contributed by atoms with Crippen molar-refractivity contribution in [2.24, 2.45) is 0 Å². The van der Waals surface area contributed by atoms with Crippen LogP contribution < -0.4 is 10.9 Å². The highest BCUT2D eigenvalue weighted by molar-refractivity contribution is 7.16. The quantitative estimate of drug-likeness (QED) is 0.388. The summed E-state index contributed by atoms with van der Waals surface area (Å²) in [6.07, 6.45) is 1.55. The van der Waals surface area contributed by atoms with Gasteiger partial charge in [-0.15, -0.1) is 11.3 Å². The lowest BCUT2D eigenvalue weighted by molar-refractivity contribution is 0.774. The third kappa shape index (κ3) is 3.14. The highest BCUT2D eigenvalue weighted by Crippen LogP contribution is 2.29. The molecule has 0 amide bonds. The highest BCUT2D eigenvalue weighted by Gasteiger charge is 2.19. The summed E-state index contributed by atoms with van der Waals surface area (Å²) in [6, 6.07) is 18.9. The molecule has 1 atom stereocenters. The zero-order valence-corrected chi connectivity index (χ0v) is 17.6. The van der Waals surface area contributed by atoms with Crippen LogP contribution >= 0.6 is 22.9 Å². The molecule has 0 aliphatic carbocycles. The van der Waals surface area contributed by atoms with Crippen LogP contribution in [-0.4, -0.2) is 14.5 Å². The predicted octanol–water partition coefficient (Wildman–Crippen LogP) is 5.82. The van der Waals surface area contributed by atoms with E-state index in [1.807, 2.05) is 66.9 Å². The number of rotatable bonds is 4. The molecule has 0 spiro atoms. The Morgan fingerprint density at radius 1 is 1.07 bits per heavy atom. The highest BCUT2D eigenvalue weighted by atomic mass is 35.5. The van der Waals surface area contributed by atoms with Crippen molar-refractivity contribution in [3.8, 4) is 5.69 Å². The molecule has 5 nitrogen and oxygen atoms in total. The van der Waals surface area contributed by atoms with E-state index in [-0.39, 0.29) is 11.6 Å². The number of hydrogen-bond acceptors (Lipinski definition) is 5. The van der Waals surface area contributed by atoms with Crippen molar-refractivity contribution < 1.29 is 0 Å². The van der Waals surface area contributed by atoms with E-state index in [1.54, 1.807) is 28.3 Å². The first-order valence-electron chi connectivity index (χ1n) is 9.48. The van der Waals surface area contributed by atoms with E-state index >= 15 is 0 Å². The van der Waals surface area contributed by atoms with Crippen molar-refractivity contribution in [3.05, 3.63) is 93.4 Å². The van der Waals surface area contributed by atoms with Crippen LogP contribution in [0.15, 0.2) is 77.2 Å². The third-order valence-electron chi connectivity index (χ3n) is 5.10. The fraction of sp³-hybridized carbons (Fsp3) is 0.0870. The zero-order chi connectivity index (χ0) is 20.7. The van der Waals surface area contributed by atoms with E-state index in [2.05, 4.69) is 15.3 Å². The Kier molecular flexibility index (Phi) is 4.73. The summed E-state index contributed by atoms with van der Waals surface area (Å²) in [5.74, 6) is 0.743. The van der Waals surface area contributed by atoms with Gasteiger partial charge in [-0.05, 0) is 48.0 Å². The second-order valence-electron chi connectivity index (χ2n) is 6.98. The average molecular weight is 433 g/mol. The minimum absolute atomic E-state index is 0.142. The molecule has 7 heteroatoms. The number of anilines is 1. The number of para-hydroxylation sites is 1. The molecule has 3 heterocycles. The van der Waals surface area contributed by atoms with Gasteiger partial charge in [0.05, 0.1) is 21.8 Å². The van der Waals surface area contributed by atoms with Crippen molar-refractivity contribution in [1.29, 1.82) is 0 Å². The maximum atomic E-state index is 13.5. The number of nitrogens with zero attached hydrogens (tertiary/aromatic N) is 3. The zero-order valence-electron chi connectivity index (χ0n) is 16.0. The van der Waals surface area contributed by atoms with Crippen LogP contribution in [0.3, 0.4) is 0 Å². The summed E-state index contributed by atoms with van der Waals surface area (Å²) >= 11 is 7.96. The van der Waals surface area contributed by atoms with Gasteiger partial charge in [0.25, 0.3) is 5.56 Å². The van der Waals surface area contributed by atoms with Crippen molar-refractivity contribution in [1.82, 2.24) is 14.5 Å². The van der Waals surface area contributed by atoms with Gasteiger partial charge >= 0.3 is 0 Å². The molecule has 2 aromatic carbocycles. The molecule has 0 saturated heterocycles. The van der Waals surface area contributed by atoms with Crippen molar-refractivity contribution in [3.63, 3.8) is 0 Å². The fourth-order valence-corrected chi connectivity index (χ4v) is 4.68. The Hall–Kier alpha value is -3.22. The van der Waals surface area contributed by atoms with Crippen LogP contribution in [0.25, 0.3) is 26.7 Å². The molecule has 0 unspecified atom stereocenters. The monoisotopic (exact) mass is 432 g/mol. The molecule has 0 aliphatic rings. The summed E-state index contributed by atoms with van der Waals surface area (Å²) in [5, 5.41) is 8.20. The van der Waals surface area contributed by atoms with E-state index in [9.17, 15) is 4.79 Å².